The minimum Gasteiger partial charge on any atom is -0.653 e. The number of aryl methyl sites for hydroxylation is 1. The number of para-hydroxylation sites is 1. The number of rotatable bonds is 0. The van der Waals surface area contributed by atoms with E-state index in [9.17, 15) is 28.8 Å². The first kappa shape index (κ1) is 125. The summed E-state index contributed by atoms with van der Waals surface area (Å²) >= 11 is 0. The Morgan fingerprint density at radius 3 is 1.06 bits per heavy atom. The standard InChI is InChI=1S/3C11H13NO.C9H17NO.C8H15NO.C7H13NO.9C2H6.6Rb/c1-8-6-9-4-2-3-5-10(9)7-12-11(8)13;1-8-10-5-3-2-4-9(10)6-7-12-11(8)13;1-8-6-7-9-4-2-3-5-10(9)12-11(8)13;1-8-6-4-2-3-5-7-10-9(8)11;1-7-5-3-2-4-6-9-8(7)10;1-6-4-2-3-5-8-7(6)9;9*1-2;;;;;;/h3*2-5,8H,6-7H2,1H3,(H,12,13);8H,2-7H2,1H3,(H,10,11);7H,2-6H2,1H3,(H,9,10);6H,2-5H2,1H3,(H,8,9);9*1-2H3;;;;;;/q;;;;;;;;;;;;;;;6*+1/p-6. The summed E-state index contributed by atoms with van der Waals surface area (Å²) in [6.45, 7) is 51.2. The van der Waals surface area contributed by atoms with Gasteiger partial charge in [-0.05, 0) is 85.3 Å². The van der Waals surface area contributed by atoms with E-state index in [1.165, 1.54) is 54.4 Å². The van der Waals surface area contributed by atoms with Crippen LogP contribution in [0.25, 0.3) is 31.9 Å². The number of hydrogen-bond acceptors (Lipinski definition) is 6. The second-order valence-corrected chi connectivity index (χ2v) is 19.3. The van der Waals surface area contributed by atoms with Crippen LogP contribution >= 0.6 is 0 Å². The Hall–Kier alpha value is 5.31. The molecule has 3 fully saturated rings. The van der Waals surface area contributed by atoms with Crippen molar-refractivity contribution in [2.45, 2.75) is 281 Å². The molecule has 6 aliphatic heterocycles. The first-order valence-corrected chi connectivity index (χ1v) is 34.8. The summed E-state index contributed by atoms with van der Waals surface area (Å²) in [4.78, 5) is 67.1. The summed E-state index contributed by atoms with van der Waals surface area (Å²) in [6.07, 6.45) is 17.3. The van der Waals surface area contributed by atoms with Gasteiger partial charge >= 0.3 is 349 Å². The van der Waals surface area contributed by atoms with Crippen LogP contribution in [0.2, 0.25) is 0 Å². The molecule has 504 valence electrons. The van der Waals surface area contributed by atoms with E-state index < -0.39 is 0 Å². The molecule has 18 heteroatoms. The van der Waals surface area contributed by atoms with Gasteiger partial charge in [0.05, 0.1) is 35.4 Å². The molecule has 3 aromatic rings. The van der Waals surface area contributed by atoms with Crippen LogP contribution in [0.1, 0.15) is 283 Å². The third-order valence-corrected chi connectivity index (χ3v) is 13.5. The van der Waals surface area contributed by atoms with Crippen molar-refractivity contribution in [3.63, 3.8) is 0 Å². The maximum absolute atomic E-state index is 11.4. The maximum Gasteiger partial charge on any atom is 1.00 e. The molecular weight excluding hydrogens is 1590 g/mol. The van der Waals surface area contributed by atoms with Crippen LogP contribution in [0, 0.1) is 29.6 Å². The van der Waals surface area contributed by atoms with Crippen molar-refractivity contribution >= 4 is 41.1 Å². The van der Waals surface area contributed by atoms with Crippen molar-refractivity contribution in [2.24, 2.45) is 29.6 Å². The molecule has 9 rings (SSSR count). The number of hydrogen-bond donors (Lipinski definition) is 0. The molecule has 0 spiro atoms. The second-order valence-electron chi connectivity index (χ2n) is 19.3. The van der Waals surface area contributed by atoms with Crippen molar-refractivity contribution in [2.75, 3.05) is 26.2 Å². The predicted octanol–water partition coefficient (Wildman–Crippen LogP) is 4.88. The number of fused-ring (bicyclic) bond motifs is 3. The van der Waals surface area contributed by atoms with Crippen molar-refractivity contribution in [3.05, 3.63) is 133 Å². The summed E-state index contributed by atoms with van der Waals surface area (Å²) in [5.74, 6) is 1.01. The Morgan fingerprint density at radius 2 is 0.613 bits per heavy atom. The van der Waals surface area contributed by atoms with Crippen molar-refractivity contribution in [3.8, 4) is 0 Å². The summed E-state index contributed by atoms with van der Waals surface area (Å²) in [6, 6.07) is 24.1. The van der Waals surface area contributed by atoms with Crippen LogP contribution in [0.4, 0.5) is 5.69 Å². The van der Waals surface area contributed by atoms with Crippen molar-refractivity contribution < 1.29 is 378 Å². The van der Waals surface area contributed by atoms with Gasteiger partial charge in [0.1, 0.15) is 0 Å². The Morgan fingerprint density at radius 1 is 0.290 bits per heavy atom. The third kappa shape index (κ3) is 64.2. The molecule has 0 saturated carbocycles. The van der Waals surface area contributed by atoms with Crippen molar-refractivity contribution in [1.29, 1.82) is 0 Å². The Labute approximate surface area is 868 Å². The number of carbonyl (C=O) groups excluding carboxylic acids is 6. The quantitative estimate of drug-likeness (QED) is 0.309. The van der Waals surface area contributed by atoms with Gasteiger partial charge in [-0.25, -0.2) is 0 Å². The molecule has 93 heavy (non-hydrogen) atoms. The van der Waals surface area contributed by atoms with Crippen LogP contribution in [0.15, 0.2) is 72.8 Å². The maximum atomic E-state index is 11.4. The second kappa shape index (κ2) is 93.4. The fourth-order valence-electron chi connectivity index (χ4n) is 8.57. The zero-order valence-corrected chi connectivity index (χ0v) is 95.9. The predicted molar refractivity (Wildman–Crippen MR) is 380 cm³/mol. The van der Waals surface area contributed by atoms with Gasteiger partial charge < -0.3 is 60.7 Å². The van der Waals surface area contributed by atoms with E-state index >= 15 is 0 Å². The minimum atomic E-state index is -0.0568. The molecule has 0 aliphatic carbocycles. The largest absolute Gasteiger partial charge is 1.00 e. The molecule has 6 unspecified atom stereocenters. The van der Waals surface area contributed by atoms with E-state index in [1.54, 1.807) is 0 Å². The molecule has 3 saturated heterocycles. The van der Waals surface area contributed by atoms with Gasteiger partial charge in [0.25, 0.3) is 0 Å². The molecule has 0 radical (unpaired) electrons. The number of carbonyl (C=O) groups is 6. The van der Waals surface area contributed by atoms with E-state index in [0.717, 1.165) is 102 Å². The molecule has 6 aliphatic rings. The van der Waals surface area contributed by atoms with Gasteiger partial charge in [0.15, 0.2) is 0 Å². The van der Waals surface area contributed by atoms with E-state index in [2.05, 4.69) is 44.0 Å². The number of benzene rings is 3. The fourth-order valence-corrected chi connectivity index (χ4v) is 8.57. The number of amides is 6. The zero-order valence-electron chi connectivity index (χ0n) is 66.4. The van der Waals surface area contributed by atoms with Gasteiger partial charge in [0, 0.05) is 11.8 Å². The molecule has 0 bridgehead atoms. The van der Waals surface area contributed by atoms with Crippen LogP contribution in [0.3, 0.4) is 0 Å². The van der Waals surface area contributed by atoms with Crippen molar-refractivity contribution in [1.82, 2.24) is 0 Å². The van der Waals surface area contributed by atoms with Crippen LogP contribution in [-0.2, 0) is 54.6 Å². The Bertz CT molecular complexity index is 2120. The first-order valence-electron chi connectivity index (χ1n) is 34.8. The van der Waals surface area contributed by atoms with Gasteiger partial charge in [0.2, 0.25) is 0 Å². The average Bonchev–Trinajstić information content (AvgIpc) is 3.67. The van der Waals surface area contributed by atoms with Gasteiger partial charge in [-0.1, -0.05) is 308 Å². The minimum absolute atomic E-state index is 0. The van der Waals surface area contributed by atoms with Crippen LogP contribution in [0.5, 0.6) is 0 Å². The summed E-state index contributed by atoms with van der Waals surface area (Å²) in [7, 11) is 0. The summed E-state index contributed by atoms with van der Waals surface area (Å²) in [5, 5.41) is 23.8. The molecule has 6 heterocycles. The average molecular weight is 1730 g/mol. The molecule has 0 aromatic heterocycles. The summed E-state index contributed by atoms with van der Waals surface area (Å²) in [5.41, 5.74) is 6.93. The molecule has 12 nitrogen and oxygen atoms in total. The van der Waals surface area contributed by atoms with Gasteiger partial charge in [-0.3, -0.25) is 0 Å². The zero-order chi connectivity index (χ0) is 68.0. The smallest absolute Gasteiger partial charge is 0.653 e. The molecular formula is C75H132N6O6Rb6. The SMILES string of the molecule is CC.CC.CC.CC.CC.CC.CC.CC.CC.CC1C(=O)[N-]CCc2ccccc21.CC1CCCCCC[N-]C1=O.CC1CCCCC[N-]C1=O.CC1CCCC[N-]C1=O.CC1CCc2ccccc2[N-]C1=O.CC1Cc2ccccc2C[N-]C1=O.[Rb+].[Rb+].[Rb+].[Rb+].[Rb+].[Rb+]. The molecule has 6 amide bonds. The normalized spacial score (nSPS) is 18.8. The van der Waals surface area contributed by atoms with Gasteiger partial charge in [-0.2, -0.15) is 0 Å². The Balaban J connectivity index is -0.0000000798. The van der Waals surface area contributed by atoms with E-state index in [0.29, 0.717) is 13.1 Å². The third-order valence-electron chi connectivity index (χ3n) is 13.5. The first-order chi connectivity index (χ1) is 42.2. The summed E-state index contributed by atoms with van der Waals surface area (Å²) < 4.78 is 0. The van der Waals surface area contributed by atoms with E-state index in [-0.39, 0.29) is 420 Å². The topological polar surface area (TPSA) is 187 Å². The van der Waals surface area contributed by atoms with E-state index in [4.69, 9.17) is 0 Å². The van der Waals surface area contributed by atoms with Gasteiger partial charge in [-0.15, -0.1) is 38.4 Å². The molecule has 0 N–H and O–H groups in total. The van der Waals surface area contributed by atoms with Crippen LogP contribution < -0.4 is 349 Å². The van der Waals surface area contributed by atoms with E-state index in [1.807, 2.05) is 227 Å². The molecule has 6 atom stereocenters. The number of nitrogens with zero attached hydrogens (tertiary/aromatic N) is 6. The fraction of sp³-hybridized carbons (Fsp3) is 0.680. The molecule has 3 aromatic carbocycles. The van der Waals surface area contributed by atoms with Crippen LogP contribution in [-0.4, -0.2) is 61.6 Å². The Kier molecular flexibility index (Phi) is 125. The monoisotopic (exact) mass is 1720 g/mol.